The number of nitrogens with zero attached hydrogens (tertiary/aromatic N) is 2. The Morgan fingerprint density at radius 1 is 0.950 bits per heavy atom. The second-order valence-corrected chi connectivity index (χ2v) is 4.71. The van der Waals surface area contributed by atoms with Crippen LogP contribution in [0.15, 0.2) is 60.8 Å². The van der Waals surface area contributed by atoms with Gasteiger partial charge in [0.2, 0.25) is 0 Å². The van der Waals surface area contributed by atoms with E-state index in [9.17, 15) is 0 Å². The molecule has 0 aliphatic carbocycles. The van der Waals surface area contributed by atoms with Crippen molar-refractivity contribution in [3.05, 3.63) is 66.4 Å². The lowest BCUT2D eigenvalue weighted by Gasteiger charge is -2.07. The van der Waals surface area contributed by atoms with Crippen LogP contribution in [-0.2, 0) is 0 Å². The fourth-order valence-electron chi connectivity index (χ4n) is 2.19. The number of rotatable bonds is 2. The quantitative estimate of drug-likeness (QED) is 0.715. The van der Waals surface area contributed by atoms with Crippen LogP contribution in [0.1, 0.15) is 5.56 Å². The SMILES string of the molecule is Cc1ccccc1-c1ccnc(-c2cccc(N)c2)n1. The Labute approximate surface area is 118 Å². The van der Waals surface area contributed by atoms with Crippen molar-refractivity contribution >= 4 is 5.69 Å². The maximum Gasteiger partial charge on any atom is 0.159 e. The van der Waals surface area contributed by atoms with Gasteiger partial charge in [-0.15, -0.1) is 0 Å². The predicted molar refractivity (Wildman–Crippen MR) is 82.1 cm³/mol. The standard InChI is InChI=1S/C17H15N3/c1-12-5-2-3-8-15(12)16-9-10-19-17(20-16)13-6-4-7-14(18)11-13/h2-11H,18H2,1H3. The van der Waals surface area contributed by atoms with Crippen LogP contribution in [-0.4, -0.2) is 9.97 Å². The predicted octanol–water partition coefficient (Wildman–Crippen LogP) is 3.70. The van der Waals surface area contributed by atoms with E-state index in [1.807, 2.05) is 42.5 Å². The van der Waals surface area contributed by atoms with E-state index in [1.165, 1.54) is 5.56 Å². The van der Waals surface area contributed by atoms with Crippen LogP contribution in [0.3, 0.4) is 0 Å². The molecule has 98 valence electrons. The molecule has 0 spiro atoms. The van der Waals surface area contributed by atoms with Crippen molar-refractivity contribution in [1.82, 2.24) is 9.97 Å². The van der Waals surface area contributed by atoms with E-state index in [2.05, 4.69) is 29.0 Å². The molecule has 0 saturated heterocycles. The lowest BCUT2D eigenvalue weighted by Crippen LogP contribution is -1.93. The Kier molecular flexibility index (Phi) is 3.17. The minimum atomic E-state index is 0.693. The summed E-state index contributed by atoms with van der Waals surface area (Å²) in [6.07, 6.45) is 1.79. The first kappa shape index (κ1) is 12.4. The van der Waals surface area contributed by atoms with E-state index < -0.39 is 0 Å². The summed E-state index contributed by atoms with van der Waals surface area (Å²) in [4.78, 5) is 8.99. The third-order valence-corrected chi connectivity index (χ3v) is 3.22. The molecule has 3 aromatic rings. The monoisotopic (exact) mass is 261 g/mol. The summed E-state index contributed by atoms with van der Waals surface area (Å²) in [6.45, 7) is 2.08. The molecule has 0 fully saturated rings. The highest BCUT2D eigenvalue weighted by atomic mass is 14.9. The number of aryl methyl sites for hydroxylation is 1. The van der Waals surface area contributed by atoms with E-state index in [-0.39, 0.29) is 0 Å². The first-order valence-electron chi connectivity index (χ1n) is 6.49. The third-order valence-electron chi connectivity index (χ3n) is 3.22. The molecule has 0 radical (unpaired) electrons. The average molecular weight is 261 g/mol. The van der Waals surface area contributed by atoms with Crippen LogP contribution in [0.2, 0.25) is 0 Å². The highest BCUT2D eigenvalue weighted by Crippen LogP contribution is 2.24. The molecule has 0 saturated carbocycles. The second kappa shape index (κ2) is 5.13. The summed E-state index contributed by atoms with van der Waals surface area (Å²) < 4.78 is 0. The van der Waals surface area contributed by atoms with E-state index in [1.54, 1.807) is 6.20 Å². The largest absolute Gasteiger partial charge is 0.399 e. The number of nitrogen functional groups attached to an aromatic ring is 1. The molecule has 0 amide bonds. The van der Waals surface area contributed by atoms with Crippen LogP contribution >= 0.6 is 0 Å². The molecule has 0 aliphatic heterocycles. The molecule has 0 aliphatic rings. The highest BCUT2D eigenvalue weighted by molar-refractivity contribution is 5.67. The molecular formula is C17H15N3. The van der Waals surface area contributed by atoms with Crippen molar-refractivity contribution < 1.29 is 0 Å². The van der Waals surface area contributed by atoms with Gasteiger partial charge in [-0.1, -0.05) is 36.4 Å². The van der Waals surface area contributed by atoms with Crippen molar-refractivity contribution in [2.45, 2.75) is 6.92 Å². The van der Waals surface area contributed by atoms with Crippen molar-refractivity contribution in [1.29, 1.82) is 0 Å². The molecule has 3 rings (SSSR count). The van der Waals surface area contributed by atoms with Crippen LogP contribution < -0.4 is 5.73 Å². The van der Waals surface area contributed by atoms with Gasteiger partial charge in [-0.3, -0.25) is 0 Å². The van der Waals surface area contributed by atoms with Crippen molar-refractivity contribution in [2.75, 3.05) is 5.73 Å². The van der Waals surface area contributed by atoms with Gasteiger partial charge in [0, 0.05) is 23.0 Å². The number of benzene rings is 2. The van der Waals surface area contributed by atoms with Gasteiger partial charge in [0.05, 0.1) is 5.69 Å². The molecule has 3 heteroatoms. The van der Waals surface area contributed by atoms with Gasteiger partial charge in [-0.2, -0.15) is 0 Å². The molecular weight excluding hydrogens is 246 g/mol. The summed E-state index contributed by atoms with van der Waals surface area (Å²) in [7, 11) is 0. The molecule has 3 nitrogen and oxygen atoms in total. The topological polar surface area (TPSA) is 51.8 Å². The van der Waals surface area contributed by atoms with Gasteiger partial charge in [0.15, 0.2) is 5.82 Å². The van der Waals surface area contributed by atoms with E-state index in [4.69, 9.17) is 5.73 Å². The first-order valence-corrected chi connectivity index (χ1v) is 6.49. The molecule has 20 heavy (non-hydrogen) atoms. The van der Waals surface area contributed by atoms with Crippen molar-refractivity contribution in [3.63, 3.8) is 0 Å². The Morgan fingerprint density at radius 2 is 1.80 bits per heavy atom. The third kappa shape index (κ3) is 2.38. The van der Waals surface area contributed by atoms with E-state index in [0.29, 0.717) is 11.5 Å². The Morgan fingerprint density at radius 3 is 2.60 bits per heavy atom. The van der Waals surface area contributed by atoms with Crippen LogP contribution in [0, 0.1) is 6.92 Å². The second-order valence-electron chi connectivity index (χ2n) is 4.71. The number of hydrogen-bond acceptors (Lipinski definition) is 3. The average Bonchev–Trinajstić information content (AvgIpc) is 2.48. The van der Waals surface area contributed by atoms with Crippen LogP contribution in [0.25, 0.3) is 22.6 Å². The maximum absolute atomic E-state index is 5.81. The number of hydrogen-bond donors (Lipinski definition) is 1. The van der Waals surface area contributed by atoms with Gasteiger partial charge >= 0.3 is 0 Å². The fourth-order valence-corrected chi connectivity index (χ4v) is 2.19. The van der Waals surface area contributed by atoms with Crippen molar-refractivity contribution in [2.24, 2.45) is 0 Å². The normalized spacial score (nSPS) is 10.4. The van der Waals surface area contributed by atoms with Gasteiger partial charge < -0.3 is 5.73 Å². The number of anilines is 1. The van der Waals surface area contributed by atoms with Gasteiger partial charge in [-0.25, -0.2) is 9.97 Å². The summed E-state index contributed by atoms with van der Waals surface area (Å²) >= 11 is 0. The minimum Gasteiger partial charge on any atom is -0.399 e. The zero-order valence-electron chi connectivity index (χ0n) is 11.2. The minimum absolute atomic E-state index is 0.693. The van der Waals surface area contributed by atoms with Crippen LogP contribution in [0.5, 0.6) is 0 Å². The number of aromatic nitrogens is 2. The van der Waals surface area contributed by atoms with Gasteiger partial charge in [0.1, 0.15) is 0 Å². The fraction of sp³-hybridized carbons (Fsp3) is 0.0588. The van der Waals surface area contributed by atoms with Gasteiger partial charge in [-0.05, 0) is 30.7 Å². The van der Waals surface area contributed by atoms with E-state index in [0.717, 1.165) is 16.8 Å². The molecule has 0 atom stereocenters. The Hall–Kier alpha value is -2.68. The summed E-state index contributed by atoms with van der Waals surface area (Å²) in [6, 6.07) is 17.7. The molecule has 1 aromatic heterocycles. The van der Waals surface area contributed by atoms with E-state index >= 15 is 0 Å². The smallest absolute Gasteiger partial charge is 0.159 e. The Bertz CT molecular complexity index is 750. The highest BCUT2D eigenvalue weighted by Gasteiger charge is 2.06. The first-order chi connectivity index (χ1) is 9.74. The molecule has 0 bridgehead atoms. The maximum atomic E-state index is 5.81. The molecule has 2 N–H and O–H groups in total. The molecule has 2 aromatic carbocycles. The van der Waals surface area contributed by atoms with Crippen molar-refractivity contribution in [3.8, 4) is 22.6 Å². The summed E-state index contributed by atoms with van der Waals surface area (Å²) in [5.41, 5.74) is 10.7. The lowest BCUT2D eigenvalue weighted by atomic mass is 10.1. The van der Waals surface area contributed by atoms with Gasteiger partial charge in [0.25, 0.3) is 0 Å². The molecule has 1 heterocycles. The number of nitrogens with two attached hydrogens (primary N) is 1. The Balaban J connectivity index is 2.09. The zero-order valence-corrected chi connectivity index (χ0v) is 11.2. The summed E-state index contributed by atoms with van der Waals surface area (Å²) in [5.74, 6) is 0.693. The summed E-state index contributed by atoms with van der Waals surface area (Å²) in [5, 5.41) is 0. The van der Waals surface area contributed by atoms with Crippen LogP contribution in [0.4, 0.5) is 5.69 Å². The molecule has 0 unspecified atom stereocenters. The zero-order chi connectivity index (χ0) is 13.9. The lowest BCUT2D eigenvalue weighted by molar-refractivity contribution is 1.18.